The minimum absolute atomic E-state index is 0.178. The summed E-state index contributed by atoms with van der Waals surface area (Å²) in [5.74, 6) is 0.851. The van der Waals surface area contributed by atoms with Crippen LogP contribution < -0.4 is 5.32 Å². The molecule has 2 fully saturated rings. The Balaban J connectivity index is 1.56. The van der Waals surface area contributed by atoms with Crippen LogP contribution in [-0.2, 0) is 11.2 Å². The van der Waals surface area contributed by atoms with Crippen LogP contribution in [0.4, 0.5) is 0 Å². The van der Waals surface area contributed by atoms with Crippen molar-refractivity contribution in [3.63, 3.8) is 0 Å². The van der Waals surface area contributed by atoms with E-state index in [2.05, 4.69) is 10.2 Å². The van der Waals surface area contributed by atoms with Crippen molar-refractivity contribution in [3.05, 3.63) is 29.8 Å². The number of rotatable bonds is 4. The second kappa shape index (κ2) is 7.14. The van der Waals surface area contributed by atoms with E-state index in [-0.39, 0.29) is 5.92 Å². The Morgan fingerprint density at radius 1 is 1.14 bits per heavy atom. The fraction of sp³-hybridized carbons (Fsp3) is 0.611. The molecule has 22 heavy (non-hydrogen) atoms. The summed E-state index contributed by atoms with van der Waals surface area (Å²) < 4.78 is 0. The average Bonchev–Trinajstić information content (AvgIpc) is 2.56. The van der Waals surface area contributed by atoms with Crippen LogP contribution in [0.1, 0.15) is 37.7 Å². The van der Waals surface area contributed by atoms with Crippen molar-refractivity contribution in [1.82, 2.24) is 10.2 Å². The third kappa shape index (κ3) is 3.61. The number of likely N-dealkylation sites (tertiary alicyclic amines) is 1. The van der Waals surface area contributed by atoms with Crippen LogP contribution in [0, 0.1) is 5.92 Å². The molecule has 1 amide bonds. The third-order valence-corrected chi connectivity index (χ3v) is 5.05. The first kappa shape index (κ1) is 15.3. The fourth-order valence-electron chi connectivity index (χ4n) is 3.73. The molecule has 4 heteroatoms. The van der Waals surface area contributed by atoms with Gasteiger partial charge in [-0.05, 0) is 69.3 Å². The van der Waals surface area contributed by atoms with Gasteiger partial charge in [0.1, 0.15) is 5.75 Å². The highest BCUT2D eigenvalue weighted by Gasteiger charge is 2.33. The smallest absolute Gasteiger partial charge is 0.225 e. The van der Waals surface area contributed by atoms with E-state index in [0.717, 1.165) is 58.2 Å². The van der Waals surface area contributed by atoms with Gasteiger partial charge in [-0.1, -0.05) is 12.1 Å². The summed E-state index contributed by atoms with van der Waals surface area (Å²) in [6, 6.07) is 7.80. The molecule has 1 aromatic rings. The summed E-state index contributed by atoms with van der Waals surface area (Å²) in [5.41, 5.74) is 1.20. The van der Waals surface area contributed by atoms with Gasteiger partial charge in [0.15, 0.2) is 0 Å². The van der Waals surface area contributed by atoms with Crippen LogP contribution in [0.3, 0.4) is 0 Å². The Morgan fingerprint density at radius 3 is 2.59 bits per heavy atom. The molecule has 0 spiro atoms. The number of benzene rings is 1. The molecule has 120 valence electrons. The van der Waals surface area contributed by atoms with E-state index in [9.17, 15) is 9.90 Å². The molecular weight excluding hydrogens is 276 g/mol. The normalized spacial score (nSPS) is 23.7. The van der Waals surface area contributed by atoms with Gasteiger partial charge >= 0.3 is 0 Å². The Labute approximate surface area is 132 Å². The summed E-state index contributed by atoms with van der Waals surface area (Å²) in [7, 11) is 0. The number of phenols is 1. The van der Waals surface area contributed by atoms with E-state index in [1.807, 2.05) is 12.1 Å². The number of aromatic hydroxyl groups is 1. The summed E-state index contributed by atoms with van der Waals surface area (Å²) in [5, 5.41) is 12.7. The quantitative estimate of drug-likeness (QED) is 0.897. The van der Waals surface area contributed by atoms with Crippen molar-refractivity contribution in [2.45, 2.75) is 44.6 Å². The predicted octanol–water partition coefficient (Wildman–Crippen LogP) is 2.32. The van der Waals surface area contributed by atoms with E-state index in [4.69, 9.17) is 0 Å². The molecular formula is C18H26N2O2. The maximum Gasteiger partial charge on any atom is 0.225 e. The SMILES string of the molecule is O=C1C(CCc2ccc(O)cc2)CCCN1C1CCNCC1. The van der Waals surface area contributed by atoms with Gasteiger partial charge in [-0.15, -0.1) is 0 Å². The van der Waals surface area contributed by atoms with E-state index >= 15 is 0 Å². The van der Waals surface area contributed by atoms with Gasteiger partial charge < -0.3 is 15.3 Å². The van der Waals surface area contributed by atoms with Gasteiger partial charge in [0.05, 0.1) is 0 Å². The van der Waals surface area contributed by atoms with Crippen molar-refractivity contribution < 1.29 is 9.90 Å². The zero-order valence-electron chi connectivity index (χ0n) is 13.1. The van der Waals surface area contributed by atoms with Gasteiger partial charge in [0.2, 0.25) is 5.91 Å². The summed E-state index contributed by atoms with van der Waals surface area (Å²) >= 11 is 0. The highest BCUT2D eigenvalue weighted by atomic mass is 16.3. The second-order valence-corrected chi connectivity index (χ2v) is 6.56. The van der Waals surface area contributed by atoms with Crippen LogP contribution in [0.2, 0.25) is 0 Å². The molecule has 2 N–H and O–H groups in total. The van der Waals surface area contributed by atoms with Gasteiger partial charge in [-0.2, -0.15) is 0 Å². The lowest BCUT2D eigenvalue weighted by Crippen LogP contribution is -2.50. The molecule has 0 bridgehead atoms. The maximum atomic E-state index is 12.8. The lowest BCUT2D eigenvalue weighted by atomic mass is 9.89. The Hall–Kier alpha value is -1.55. The number of hydrogen-bond acceptors (Lipinski definition) is 3. The van der Waals surface area contributed by atoms with Gasteiger partial charge in [0, 0.05) is 18.5 Å². The number of phenolic OH excluding ortho intramolecular Hbond substituents is 1. The highest BCUT2D eigenvalue weighted by Crippen LogP contribution is 2.27. The number of carbonyl (C=O) groups excluding carboxylic acids is 1. The molecule has 0 aromatic heterocycles. The topological polar surface area (TPSA) is 52.6 Å². The largest absolute Gasteiger partial charge is 0.508 e. The maximum absolute atomic E-state index is 12.8. The molecule has 1 atom stereocenters. The van der Waals surface area contributed by atoms with E-state index < -0.39 is 0 Å². The third-order valence-electron chi connectivity index (χ3n) is 5.05. The lowest BCUT2D eigenvalue weighted by Gasteiger charge is -2.40. The van der Waals surface area contributed by atoms with Gasteiger partial charge in [-0.3, -0.25) is 4.79 Å². The predicted molar refractivity (Wildman–Crippen MR) is 86.8 cm³/mol. The first-order chi connectivity index (χ1) is 10.7. The zero-order chi connectivity index (χ0) is 15.4. The van der Waals surface area contributed by atoms with E-state index in [0.29, 0.717) is 17.7 Å². The monoisotopic (exact) mass is 302 g/mol. The lowest BCUT2D eigenvalue weighted by molar-refractivity contribution is -0.141. The Kier molecular flexibility index (Phi) is 4.98. The van der Waals surface area contributed by atoms with Crippen molar-refractivity contribution in [1.29, 1.82) is 0 Å². The van der Waals surface area contributed by atoms with Crippen molar-refractivity contribution in [2.75, 3.05) is 19.6 Å². The number of piperidine rings is 2. The van der Waals surface area contributed by atoms with Gasteiger partial charge in [0.25, 0.3) is 0 Å². The minimum atomic E-state index is 0.178. The zero-order valence-corrected chi connectivity index (χ0v) is 13.1. The van der Waals surface area contributed by atoms with Gasteiger partial charge in [-0.25, -0.2) is 0 Å². The molecule has 0 saturated carbocycles. The number of aryl methyl sites for hydroxylation is 1. The van der Waals surface area contributed by atoms with Crippen molar-refractivity contribution in [3.8, 4) is 5.75 Å². The van der Waals surface area contributed by atoms with Crippen molar-refractivity contribution >= 4 is 5.91 Å². The standard InChI is InChI=1S/C18H26N2O2/c21-17-7-4-14(5-8-17)3-6-15-2-1-13-20(18(15)22)16-9-11-19-12-10-16/h4-5,7-8,15-16,19,21H,1-3,6,9-13H2. The fourth-order valence-corrected chi connectivity index (χ4v) is 3.73. The summed E-state index contributed by atoms with van der Waals surface area (Å²) in [4.78, 5) is 14.9. The van der Waals surface area contributed by atoms with Crippen molar-refractivity contribution in [2.24, 2.45) is 5.92 Å². The summed E-state index contributed by atoms with van der Waals surface area (Å²) in [6.07, 6.45) is 6.18. The number of nitrogens with zero attached hydrogens (tertiary/aromatic N) is 1. The number of amides is 1. The average molecular weight is 302 g/mol. The number of carbonyl (C=O) groups is 1. The molecule has 3 rings (SSSR count). The molecule has 2 heterocycles. The first-order valence-electron chi connectivity index (χ1n) is 8.53. The second-order valence-electron chi connectivity index (χ2n) is 6.56. The molecule has 0 radical (unpaired) electrons. The first-order valence-corrected chi connectivity index (χ1v) is 8.53. The Morgan fingerprint density at radius 2 is 1.86 bits per heavy atom. The van der Waals surface area contributed by atoms with Crippen LogP contribution in [0.5, 0.6) is 5.75 Å². The summed E-state index contributed by atoms with van der Waals surface area (Å²) in [6.45, 7) is 3.01. The van der Waals surface area contributed by atoms with Crippen LogP contribution >= 0.6 is 0 Å². The highest BCUT2D eigenvalue weighted by molar-refractivity contribution is 5.80. The van der Waals surface area contributed by atoms with Crippen LogP contribution in [0.15, 0.2) is 24.3 Å². The molecule has 1 aromatic carbocycles. The van der Waals surface area contributed by atoms with Crippen LogP contribution in [0.25, 0.3) is 0 Å². The molecule has 2 saturated heterocycles. The minimum Gasteiger partial charge on any atom is -0.508 e. The Bertz CT molecular complexity index is 494. The molecule has 1 unspecified atom stereocenters. The number of nitrogens with one attached hydrogen (secondary N) is 1. The van der Waals surface area contributed by atoms with E-state index in [1.54, 1.807) is 12.1 Å². The molecule has 4 nitrogen and oxygen atoms in total. The van der Waals surface area contributed by atoms with Crippen LogP contribution in [-0.4, -0.2) is 41.6 Å². The molecule has 0 aliphatic carbocycles. The molecule has 2 aliphatic heterocycles. The number of hydrogen-bond donors (Lipinski definition) is 2. The molecule has 2 aliphatic rings. The van der Waals surface area contributed by atoms with E-state index in [1.165, 1.54) is 5.56 Å².